The number of carbonyl (C=O) groups is 2. The Labute approximate surface area is 120 Å². The van der Waals surface area contributed by atoms with E-state index >= 15 is 0 Å². The number of nitrogens with one attached hydrogen (secondary N) is 2. The number of amides is 2. The standard InChI is InChI=1S/C14H27N3O3/c1-3-17(12-7-9-15-10-8-12)14(20)16-11(2)5-4-6-13(18)19/h11-12,15H,3-10H2,1-2H3,(H,16,20)(H,18,19). The van der Waals surface area contributed by atoms with Crippen LogP contribution in [0.25, 0.3) is 0 Å². The normalized spacial score (nSPS) is 17.5. The minimum Gasteiger partial charge on any atom is -0.481 e. The summed E-state index contributed by atoms with van der Waals surface area (Å²) in [5.41, 5.74) is 0. The van der Waals surface area contributed by atoms with Crippen LogP contribution in [0.15, 0.2) is 0 Å². The highest BCUT2D eigenvalue weighted by atomic mass is 16.4. The van der Waals surface area contributed by atoms with E-state index in [-0.39, 0.29) is 18.5 Å². The molecule has 0 aliphatic carbocycles. The Hall–Kier alpha value is -1.30. The molecule has 0 aromatic rings. The molecule has 1 heterocycles. The Balaban J connectivity index is 2.35. The lowest BCUT2D eigenvalue weighted by Crippen LogP contribution is -2.51. The van der Waals surface area contributed by atoms with Crippen molar-refractivity contribution in [3.63, 3.8) is 0 Å². The minimum absolute atomic E-state index is 0.0117. The van der Waals surface area contributed by atoms with Gasteiger partial charge in [-0.1, -0.05) is 0 Å². The van der Waals surface area contributed by atoms with Crippen molar-refractivity contribution in [2.45, 2.75) is 58.0 Å². The lowest BCUT2D eigenvalue weighted by atomic mass is 10.1. The van der Waals surface area contributed by atoms with Gasteiger partial charge in [-0.3, -0.25) is 4.79 Å². The van der Waals surface area contributed by atoms with Crippen LogP contribution in [0.1, 0.15) is 46.0 Å². The molecule has 6 heteroatoms. The fourth-order valence-electron chi connectivity index (χ4n) is 2.61. The van der Waals surface area contributed by atoms with Crippen LogP contribution in [0, 0.1) is 0 Å². The number of carbonyl (C=O) groups excluding carboxylic acids is 1. The van der Waals surface area contributed by atoms with Crippen molar-refractivity contribution in [1.29, 1.82) is 0 Å². The van der Waals surface area contributed by atoms with E-state index < -0.39 is 5.97 Å². The van der Waals surface area contributed by atoms with Crippen molar-refractivity contribution in [2.24, 2.45) is 0 Å². The third-order valence-electron chi connectivity index (χ3n) is 3.75. The molecular weight excluding hydrogens is 258 g/mol. The van der Waals surface area contributed by atoms with Gasteiger partial charge in [0.25, 0.3) is 0 Å². The maximum Gasteiger partial charge on any atom is 0.317 e. The summed E-state index contributed by atoms with van der Waals surface area (Å²) in [5, 5.41) is 14.9. The molecule has 2 amide bonds. The Kier molecular flexibility index (Phi) is 7.36. The Morgan fingerprint density at radius 3 is 2.60 bits per heavy atom. The predicted molar refractivity (Wildman–Crippen MR) is 77.8 cm³/mol. The zero-order valence-corrected chi connectivity index (χ0v) is 12.5. The third kappa shape index (κ3) is 5.77. The molecule has 1 aliphatic heterocycles. The first-order chi connectivity index (χ1) is 9.54. The Bertz CT molecular complexity index is 317. The quantitative estimate of drug-likeness (QED) is 0.660. The summed E-state index contributed by atoms with van der Waals surface area (Å²) in [7, 11) is 0. The van der Waals surface area contributed by atoms with E-state index in [9.17, 15) is 9.59 Å². The largest absolute Gasteiger partial charge is 0.481 e. The van der Waals surface area contributed by atoms with Gasteiger partial charge in [-0.05, 0) is 52.6 Å². The number of carboxylic acids is 1. The van der Waals surface area contributed by atoms with Gasteiger partial charge in [0.05, 0.1) is 0 Å². The van der Waals surface area contributed by atoms with Gasteiger partial charge in [-0.2, -0.15) is 0 Å². The average Bonchev–Trinajstić information content (AvgIpc) is 2.40. The van der Waals surface area contributed by atoms with E-state index in [1.165, 1.54) is 0 Å². The monoisotopic (exact) mass is 285 g/mol. The molecule has 1 aliphatic rings. The van der Waals surface area contributed by atoms with Gasteiger partial charge in [0.1, 0.15) is 0 Å². The number of hydrogen-bond donors (Lipinski definition) is 3. The van der Waals surface area contributed by atoms with Crippen molar-refractivity contribution < 1.29 is 14.7 Å². The molecule has 1 fully saturated rings. The second kappa shape index (κ2) is 8.79. The summed E-state index contributed by atoms with van der Waals surface area (Å²) < 4.78 is 0. The van der Waals surface area contributed by atoms with Crippen LogP contribution in [0.5, 0.6) is 0 Å². The first-order valence-electron chi connectivity index (χ1n) is 7.54. The summed E-state index contributed by atoms with van der Waals surface area (Å²) >= 11 is 0. The number of aliphatic carboxylic acids is 1. The van der Waals surface area contributed by atoms with Crippen LogP contribution >= 0.6 is 0 Å². The second-order valence-electron chi connectivity index (χ2n) is 5.40. The van der Waals surface area contributed by atoms with E-state index in [1.807, 2.05) is 18.7 Å². The van der Waals surface area contributed by atoms with Crippen molar-refractivity contribution in [2.75, 3.05) is 19.6 Å². The lowest BCUT2D eigenvalue weighted by molar-refractivity contribution is -0.137. The van der Waals surface area contributed by atoms with Gasteiger partial charge < -0.3 is 20.6 Å². The lowest BCUT2D eigenvalue weighted by Gasteiger charge is -2.34. The fourth-order valence-corrected chi connectivity index (χ4v) is 2.61. The molecule has 0 spiro atoms. The first-order valence-corrected chi connectivity index (χ1v) is 7.54. The minimum atomic E-state index is -0.784. The third-order valence-corrected chi connectivity index (χ3v) is 3.75. The molecule has 20 heavy (non-hydrogen) atoms. The van der Waals surface area contributed by atoms with Crippen molar-refractivity contribution in [3.8, 4) is 0 Å². The molecule has 0 radical (unpaired) electrons. The number of nitrogens with zero attached hydrogens (tertiary/aromatic N) is 1. The molecule has 0 saturated carbocycles. The van der Waals surface area contributed by atoms with Gasteiger partial charge in [0.15, 0.2) is 0 Å². The maximum atomic E-state index is 12.3. The molecule has 1 saturated heterocycles. The zero-order chi connectivity index (χ0) is 15.0. The topological polar surface area (TPSA) is 81.7 Å². The molecule has 1 unspecified atom stereocenters. The smallest absolute Gasteiger partial charge is 0.317 e. The maximum absolute atomic E-state index is 12.3. The van der Waals surface area contributed by atoms with Crippen LogP contribution < -0.4 is 10.6 Å². The van der Waals surface area contributed by atoms with Crippen molar-refractivity contribution in [1.82, 2.24) is 15.5 Å². The van der Waals surface area contributed by atoms with E-state index in [4.69, 9.17) is 5.11 Å². The number of rotatable bonds is 7. The van der Waals surface area contributed by atoms with Crippen LogP contribution in [-0.4, -0.2) is 53.7 Å². The number of urea groups is 1. The summed E-state index contributed by atoms with van der Waals surface area (Å²) in [4.78, 5) is 24.6. The molecule has 0 aromatic heterocycles. The van der Waals surface area contributed by atoms with Gasteiger partial charge in [-0.25, -0.2) is 4.79 Å². The SMILES string of the molecule is CCN(C(=O)NC(C)CCCC(=O)O)C1CCNCC1. The molecule has 3 N–H and O–H groups in total. The molecule has 0 bridgehead atoms. The van der Waals surface area contributed by atoms with E-state index in [2.05, 4.69) is 10.6 Å². The van der Waals surface area contributed by atoms with Crippen molar-refractivity contribution in [3.05, 3.63) is 0 Å². The van der Waals surface area contributed by atoms with Crippen LogP contribution in [-0.2, 0) is 4.79 Å². The van der Waals surface area contributed by atoms with Crippen molar-refractivity contribution >= 4 is 12.0 Å². The molecule has 1 atom stereocenters. The highest BCUT2D eigenvalue weighted by molar-refractivity contribution is 5.74. The second-order valence-corrected chi connectivity index (χ2v) is 5.40. The summed E-state index contributed by atoms with van der Waals surface area (Å²) in [5.74, 6) is -0.784. The number of carboxylic acid groups (broad SMARTS) is 1. The van der Waals surface area contributed by atoms with E-state index in [0.29, 0.717) is 25.4 Å². The Morgan fingerprint density at radius 2 is 2.05 bits per heavy atom. The molecule has 6 nitrogen and oxygen atoms in total. The van der Waals surface area contributed by atoms with Crippen LogP contribution in [0.3, 0.4) is 0 Å². The highest BCUT2D eigenvalue weighted by Crippen LogP contribution is 2.12. The molecule has 1 rings (SSSR count). The Morgan fingerprint density at radius 1 is 1.40 bits per heavy atom. The predicted octanol–water partition coefficient (Wildman–Crippen LogP) is 1.41. The van der Waals surface area contributed by atoms with E-state index in [0.717, 1.165) is 25.9 Å². The highest BCUT2D eigenvalue weighted by Gasteiger charge is 2.24. The van der Waals surface area contributed by atoms with Gasteiger partial charge in [0.2, 0.25) is 0 Å². The molecule has 116 valence electrons. The van der Waals surface area contributed by atoms with Crippen LogP contribution in [0.4, 0.5) is 4.79 Å². The summed E-state index contributed by atoms with van der Waals surface area (Å²) in [6.45, 7) is 6.55. The van der Waals surface area contributed by atoms with Crippen LogP contribution in [0.2, 0.25) is 0 Å². The van der Waals surface area contributed by atoms with E-state index in [1.54, 1.807) is 0 Å². The molecule has 0 aromatic carbocycles. The summed E-state index contributed by atoms with van der Waals surface area (Å²) in [6, 6.07) is 0.298. The average molecular weight is 285 g/mol. The number of hydrogen-bond acceptors (Lipinski definition) is 3. The fraction of sp³-hybridized carbons (Fsp3) is 0.857. The first kappa shape index (κ1) is 16.8. The molecular formula is C14H27N3O3. The van der Waals surface area contributed by atoms with Gasteiger partial charge >= 0.3 is 12.0 Å². The van der Waals surface area contributed by atoms with Gasteiger partial charge in [0, 0.05) is 25.0 Å². The zero-order valence-electron chi connectivity index (χ0n) is 12.5. The van der Waals surface area contributed by atoms with Gasteiger partial charge in [-0.15, -0.1) is 0 Å². The number of piperidine rings is 1. The summed E-state index contributed by atoms with van der Waals surface area (Å²) in [6.07, 6.45) is 3.44.